The molecule has 0 atom stereocenters. The Labute approximate surface area is 164 Å². The molecule has 0 heterocycles. The Morgan fingerprint density at radius 2 is 1.78 bits per heavy atom. The van der Waals surface area contributed by atoms with Gasteiger partial charge in [0, 0.05) is 10.2 Å². The van der Waals surface area contributed by atoms with Crippen molar-refractivity contribution < 1.29 is 28.2 Å². The van der Waals surface area contributed by atoms with Crippen molar-refractivity contribution in [2.24, 2.45) is 0 Å². The van der Waals surface area contributed by atoms with Gasteiger partial charge in [-0.25, -0.2) is 9.18 Å². The minimum absolute atomic E-state index is 0.0422. The number of carbonyl (C=O) groups excluding carboxylic acids is 3. The topological polar surface area (TPSA) is 72.9 Å². The van der Waals surface area contributed by atoms with Crippen molar-refractivity contribution in [1.82, 2.24) is 0 Å². The lowest BCUT2D eigenvalue weighted by molar-refractivity contribution is -0.142. The summed E-state index contributed by atoms with van der Waals surface area (Å²) in [5.74, 6) is -2.67. The van der Waals surface area contributed by atoms with Gasteiger partial charge in [0.05, 0.1) is 12.2 Å². The predicted octanol–water partition coefficient (Wildman–Crippen LogP) is 3.34. The van der Waals surface area contributed by atoms with Gasteiger partial charge < -0.3 is 9.47 Å². The summed E-state index contributed by atoms with van der Waals surface area (Å²) < 4.78 is 23.5. The van der Waals surface area contributed by atoms with E-state index in [1.165, 1.54) is 12.1 Å². The minimum Gasteiger partial charge on any atom is -0.465 e. The van der Waals surface area contributed by atoms with Crippen LogP contribution in [0.3, 0.4) is 0 Å². The van der Waals surface area contributed by atoms with Crippen LogP contribution in [0.15, 0.2) is 53.0 Å². The molecule has 0 fully saturated rings. The van der Waals surface area contributed by atoms with Gasteiger partial charge in [-0.15, -0.1) is 0 Å². The smallest absolute Gasteiger partial charge is 0.339 e. The first-order valence-electron chi connectivity index (χ1n) is 8.05. The molecule has 0 aliphatic heterocycles. The number of anilines is 1. The summed E-state index contributed by atoms with van der Waals surface area (Å²) in [5.41, 5.74) is 0.415. The van der Waals surface area contributed by atoms with Crippen molar-refractivity contribution >= 4 is 39.5 Å². The van der Waals surface area contributed by atoms with E-state index in [-0.39, 0.29) is 18.7 Å². The van der Waals surface area contributed by atoms with E-state index in [0.29, 0.717) is 10.2 Å². The molecule has 6 nitrogen and oxygen atoms in total. The van der Waals surface area contributed by atoms with Crippen LogP contribution in [0.4, 0.5) is 10.1 Å². The number of halogens is 2. The average Bonchev–Trinajstić information content (AvgIpc) is 2.66. The molecular formula is C19H17BrFNO5. The Bertz CT molecular complexity index is 828. The van der Waals surface area contributed by atoms with E-state index < -0.39 is 30.3 Å². The van der Waals surface area contributed by atoms with Gasteiger partial charge in [-0.1, -0.05) is 18.2 Å². The Balaban J connectivity index is 2.10. The predicted molar refractivity (Wildman–Crippen MR) is 99.8 cm³/mol. The number of esters is 2. The van der Waals surface area contributed by atoms with Crippen LogP contribution >= 0.6 is 15.9 Å². The summed E-state index contributed by atoms with van der Waals surface area (Å²) >= 11 is 3.13. The van der Waals surface area contributed by atoms with E-state index in [2.05, 4.69) is 15.9 Å². The number of amides is 1. The first-order valence-corrected chi connectivity index (χ1v) is 8.85. The lowest BCUT2D eigenvalue weighted by Crippen LogP contribution is -2.39. The van der Waals surface area contributed by atoms with Crippen molar-refractivity contribution in [2.45, 2.75) is 6.92 Å². The van der Waals surface area contributed by atoms with Crippen LogP contribution in [-0.4, -0.2) is 37.6 Å². The van der Waals surface area contributed by atoms with E-state index in [0.717, 1.165) is 11.0 Å². The summed E-state index contributed by atoms with van der Waals surface area (Å²) in [6.45, 7) is 0.900. The molecule has 0 N–H and O–H groups in total. The largest absolute Gasteiger partial charge is 0.465 e. The van der Waals surface area contributed by atoms with Crippen LogP contribution in [0.25, 0.3) is 0 Å². The summed E-state index contributed by atoms with van der Waals surface area (Å²) in [5, 5.41) is 0. The highest BCUT2D eigenvalue weighted by atomic mass is 79.9. The maximum atomic E-state index is 13.3. The molecule has 8 heteroatoms. The number of ether oxygens (including phenoxy) is 2. The van der Waals surface area contributed by atoms with Crippen molar-refractivity contribution in [2.75, 3.05) is 24.7 Å². The molecule has 142 valence electrons. The standard InChI is InChI=1S/C19H17BrFNO5/c1-2-26-18(24)11-22(14-6-4-3-5-7-14)17(23)12-27-19(25)15-10-13(21)8-9-16(15)20/h3-10H,2,11-12H2,1H3. The third kappa shape index (κ3) is 5.89. The zero-order chi connectivity index (χ0) is 19.8. The van der Waals surface area contributed by atoms with E-state index >= 15 is 0 Å². The molecule has 0 bridgehead atoms. The molecule has 0 aliphatic carbocycles. The van der Waals surface area contributed by atoms with Gasteiger partial charge in [-0.05, 0) is 53.2 Å². The molecule has 2 aromatic rings. The zero-order valence-electron chi connectivity index (χ0n) is 14.5. The second kappa shape index (κ2) is 9.82. The molecule has 0 spiro atoms. The number of nitrogens with zero attached hydrogens (tertiary/aromatic N) is 1. The first-order chi connectivity index (χ1) is 12.9. The quantitative estimate of drug-likeness (QED) is 0.621. The number of para-hydroxylation sites is 1. The van der Waals surface area contributed by atoms with Gasteiger partial charge in [-0.2, -0.15) is 0 Å². The number of benzene rings is 2. The number of rotatable bonds is 7. The van der Waals surface area contributed by atoms with E-state index in [1.807, 2.05) is 0 Å². The van der Waals surface area contributed by atoms with Gasteiger partial charge >= 0.3 is 11.9 Å². The summed E-state index contributed by atoms with van der Waals surface area (Å²) in [6, 6.07) is 12.0. The lowest BCUT2D eigenvalue weighted by Gasteiger charge is -2.21. The number of hydrogen-bond acceptors (Lipinski definition) is 5. The highest BCUT2D eigenvalue weighted by Crippen LogP contribution is 2.19. The molecule has 0 saturated heterocycles. The Morgan fingerprint density at radius 3 is 2.44 bits per heavy atom. The van der Waals surface area contributed by atoms with Gasteiger partial charge in [0.2, 0.25) is 0 Å². The first kappa shape index (κ1) is 20.6. The highest BCUT2D eigenvalue weighted by Gasteiger charge is 2.22. The third-order valence-electron chi connectivity index (χ3n) is 3.44. The van der Waals surface area contributed by atoms with Gasteiger partial charge in [0.25, 0.3) is 5.91 Å². The molecule has 27 heavy (non-hydrogen) atoms. The van der Waals surface area contributed by atoms with Crippen LogP contribution < -0.4 is 4.90 Å². The molecule has 0 radical (unpaired) electrons. The van der Waals surface area contributed by atoms with Crippen LogP contribution in [0.1, 0.15) is 17.3 Å². The normalized spacial score (nSPS) is 10.2. The van der Waals surface area contributed by atoms with Gasteiger partial charge in [0.15, 0.2) is 6.61 Å². The lowest BCUT2D eigenvalue weighted by atomic mass is 10.2. The fourth-order valence-electron chi connectivity index (χ4n) is 2.20. The third-order valence-corrected chi connectivity index (χ3v) is 4.13. The number of hydrogen-bond donors (Lipinski definition) is 0. The van der Waals surface area contributed by atoms with Gasteiger partial charge in [0.1, 0.15) is 12.4 Å². The van der Waals surface area contributed by atoms with Crippen LogP contribution in [0.5, 0.6) is 0 Å². The molecule has 0 aliphatic rings. The maximum absolute atomic E-state index is 13.3. The summed E-state index contributed by atoms with van der Waals surface area (Å²) in [6.07, 6.45) is 0. The molecular weight excluding hydrogens is 421 g/mol. The zero-order valence-corrected chi connectivity index (χ0v) is 16.1. The summed E-state index contributed by atoms with van der Waals surface area (Å²) in [7, 11) is 0. The fraction of sp³-hybridized carbons (Fsp3) is 0.211. The second-order valence-electron chi connectivity index (χ2n) is 5.32. The monoisotopic (exact) mass is 437 g/mol. The van der Waals surface area contributed by atoms with Crippen LogP contribution in [0, 0.1) is 5.82 Å². The molecule has 2 rings (SSSR count). The van der Waals surface area contributed by atoms with Crippen molar-refractivity contribution in [3.63, 3.8) is 0 Å². The van der Waals surface area contributed by atoms with E-state index in [4.69, 9.17) is 9.47 Å². The van der Waals surface area contributed by atoms with Crippen molar-refractivity contribution in [3.05, 3.63) is 64.4 Å². The molecule has 0 aromatic heterocycles. The SMILES string of the molecule is CCOC(=O)CN(C(=O)COC(=O)c1cc(F)ccc1Br)c1ccccc1. The van der Waals surface area contributed by atoms with E-state index in [1.54, 1.807) is 37.3 Å². The Hall–Kier alpha value is -2.74. The Morgan fingerprint density at radius 1 is 1.07 bits per heavy atom. The van der Waals surface area contributed by atoms with Crippen LogP contribution in [-0.2, 0) is 19.1 Å². The highest BCUT2D eigenvalue weighted by molar-refractivity contribution is 9.10. The average molecular weight is 438 g/mol. The van der Waals surface area contributed by atoms with Gasteiger partial charge in [-0.3, -0.25) is 14.5 Å². The Kier molecular flexibility index (Phi) is 7.48. The molecule has 0 unspecified atom stereocenters. The van der Waals surface area contributed by atoms with Crippen molar-refractivity contribution in [3.8, 4) is 0 Å². The minimum atomic E-state index is -0.862. The summed E-state index contributed by atoms with van der Waals surface area (Å²) in [4.78, 5) is 37.6. The fourth-order valence-corrected chi connectivity index (χ4v) is 2.61. The molecule has 2 aromatic carbocycles. The van der Waals surface area contributed by atoms with Crippen molar-refractivity contribution in [1.29, 1.82) is 0 Å². The van der Waals surface area contributed by atoms with Crippen LogP contribution in [0.2, 0.25) is 0 Å². The molecule has 0 saturated carbocycles. The maximum Gasteiger partial charge on any atom is 0.339 e. The van der Waals surface area contributed by atoms with E-state index in [9.17, 15) is 18.8 Å². The molecule has 1 amide bonds. The second-order valence-corrected chi connectivity index (χ2v) is 6.18. The number of carbonyl (C=O) groups is 3.